The molecule has 31 heavy (non-hydrogen) atoms. The second-order valence-corrected chi connectivity index (χ2v) is 7.93. The van der Waals surface area contributed by atoms with Crippen molar-refractivity contribution in [3.8, 4) is 11.3 Å². The number of amides is 4. The van der Waals surface area contributed by atoms with Gasteiger partial charge in [-0.05, 0) is 48.9 Å². The molecule has 0 saturated carbocycles. The Labute approximate surface area is 186 Å². The first-order valence-corrected chi connectivity index (χ1v) is 10.3. The molecule has 8 heteroatoms. The van der Waals surface area contributed by atoms with Crippen LogP contribution in [0.15, 0.2) is 75.3 Å². The number of urea groups is 1. The number of hydrogen-bond acceptors (Lipinski definition) is 4. The Morgan fingerprint density at radius 3 is 2.71 bits per heavy atom. The van der Waals surface area contributed by atoms with Crippen molar-refractivity contribution in [1.82, 2.24) is 10.2 Å². The summed E-state index contributed by atoms with van der Waals surface area (Å²) in [6, 6.07) is 17.7. The first-order valence-electron chi connectivity index (χ1n) is 9.46. The van der Waals surface area contributed by atoms with E-state index in [-0.39, 0.29) is 5.70 Å². The van der Waals surface area contributed by atoms with E-state index in [1.807, 2.05) is 43.3 Å². The quantitative estimate of drug-likeness (QED) is 0.414. The van der Waals surface area contributed by atoms with E-state index in [0.717, 1.165) is 20.5 Å². The molecule has 156 valence electrons. The summed E-state index contributed by atoms with van der Waals surface area (Å²) in [6.07, 6.45) is 1.44. The van der Waals surface area contributed by atoms with Gasteiger partial charge in [0.05, 0.1) is 0 Å². The Bertz CT molecular complexity index is 1210. The van der Waals surface area contributed by atoms with Gasteiger partial charge in [0, 0.05) is 21.8 Å². The lowest BCUT2D eigenvalue weighted by Crippen LogP contribution is -2.38. The molecule has 4 amide bonds. The smallest absolute Gasteiger partial charge is 0.329 e. The monoisotopic (exact) mass is 479 g/mol. The van der Waals surface area contributed by atoms with Crippen molar-refractivity contribution < 1.29 is 18.8 Å². The maximum Gasteiger partial charge on any atom is 0.329 e. The van der Waals surface area contributed by atoms with E-state index in [4.69, 9.17) is 4.42 Å². The minimum absolute atomic E-state index is 0.0449. The topological polar surface area (TPSA) is 91.7 Å². The van der Waals surface area contributed by atoms with Gasteiger partial charge in [-0.1, -0.05) is 40.2 Å². The summed E-state index contributed by atoms with van der Waals surface area (Å²) >= 11 is 3.42. The number of aryl methyl sites for hydroxylation is 1. The summed E-state index contributed by atoms with van der Waals surface area (Å²) in [5.74, 6) is -0.0286. The van der Waals surface area contributed by atoms with E-state index < -0.39 is 24.4 Å². The van der Waals surface area contributed by atoms with Crippen LogP contribution >= 0.6 is 15.9 Å². The number of anilines is 1. The minimum Gasteiger partial charge on any atom is -0.457 e. The second-order valence-electron chi connectivity index (χ2n) is 7.01. The highest BCUT2D eigenvalue weighted by Gasteiger charge is 2.35. The van der Waals surface area contributed by atoms with E-state index >= 15 is 0 Å². The van der Waals surface area contributed by atoms with Crippen molar-refractivity contribution in [1.29, 1.82) is 0 Å². The number of carbonyl (C=O) groups is 3. The summed E-state index contributed by atoms with van der Waals surface area (Å²) in [6.45, 7) is 1.51. The van der Waals surface area contributed by atoms with Crippen LogP contribution < -0.4 is 10.6 Å². The molecule has 1 fully saturated rings. The van der Waals surface area contributed by atoms with Crippen LogP contribution in [0.5, 0.6) is 0 Å². The van der Waals surface area contributed by atoms with E-state index in [9.17, 15) is 14.4 Å². The lowest BCUT2D eigenvalue weighted by molar-refractivity contribution is -0.127. The molecule has 3 aromatic rings. The molecule has 0 radical (unpaired) electrons. The number of benzene rings is 2. The maximum atomic E-state index is 12.6. The fourth-order valence-corrected chi connectivity index (χ4v) is 3.55. The number of nitrogens with zero attached hydrogens (tertiary/aromatic N) is 1. The Kier molecular flexibility index (Phi) is 5.73. The molecule has 1 aromatic heterocycles. The number of halogens is 1. The van der Waals surface area contributed by atoms with Crippen LogP contribution in [0.2, 0.25) is 0 Å². The van der Waals surface area contributed by atoms with Gasteiger partial charge in [0.25, 0.3) is 5.91 Å². The molecule has 1 aliphatic rings. The summed E-state index contributed by atoms with van der Waals surface area (Å²) in [7, 11) is 0. The first-order chi connectivity index (χ1) is 14.9. The first kappa shape index (κ1) is 20.6. The standard InChI is InChI=1S/C23H18BrN3O4/c1-14-4-2-7-17(10-14)25-21(28)13-27-22(29)19(26-23(27)30)12-18-8-9-20(31-18)15-5-3-6-16(24)11-15/h2-12H,13H2,1H3,(H,25,28)(H,26,30)/b19-12+. The molecule has 0 aliphatic carbocycles. The van der Waals surface area contributed by atoms with E-state index in [2.05, 4.69) is 26.6 Å². The molecule has 0 atom stereocenters. The van der Waals surface area contributed by atoms with Crippen LogP contribution in [0.25, 0.3) is 17.4 Å². The number of nitrogens with one attached hydrogen (secondary N) is 2. The van der Waals surface area contributed by atoms with Crippen LogP contribution in [0, 0.1) is 6.92 Å². The van der Waals surface area contributed by atoms with Crippen LogP contribution in [-0.2, 0) is 9.59 Å². The number of imide groups is 1. The molecule has 0 bridgehead atoms. The lowest BCUT2D eigenvalue weighted by Gasteiger charge is -2.12. The van der Waals surface area contributed by atoms with Gasteiger partial charge >= 0.3 is 6.03 Å². The van der Waals surface area contributed by atoms with Crippen molar-refractivity contribution in [3.05, 3.63) is 82.2 Å². The third kappa shape index (κ3) is 4.75. The van der Waals surface area contributed by atoms with Crippen molar-refractivity contribution >= 4 is 45.5 Å². The van der Waals surface area contributed by atoms with Crippen LogP contribution in [-0.4, -0.2) is 29.3 Å². The highest BCUT2D eigenvalue weighted by Crippen LogP contribution is 2.26. The number of furan rings is 1. The normalized spacial score (nSPS) is 14.8. The molecule has 0 unspecified atom stereocenters. The summed E-state index contributed by atoms with van der Waals surface area (Å²) in [4.78, 5) is 38.0. The van der Waals surface area contributed by atoms with E-state index in [0.29, 0.717) is 17.2 Å². The van der Waals surface area contributed by atoms with Gasteiger partial charge in [-0.25, -0.2) is 9.69 Å². The third-order valence-corrected chi connectivity index (χ3v) is 5.08. The highest BCUT2D eigenvalue weighted by atomic mass is 79.9. The molecule has 0 spiro atoms. The molecule has 1 aliphatic heterocycles. The van der Waals surface area contributed by atoms with E-state index in [1.165, 1.54) is 6.08 Å². The molecule has 1 saturated heterocycles. The third-order valence-electron chi connectivity index (χ3n) is 4.59. The number of carbonyl (C=O) groups excluding carboxylic acids is 3. The van der Waals surface area contributed by atoms with Gasteiger partial charge in [-0.2, -0.15) is 0 Å². The molecule has 2 heterocycles. The lowest BCUT2D eigenvalue weighted by atomic mass is 10.2. The Morgan fingerprint density at radius 1 is 1.13 bits per heavy atom. The number of hydrogen-bond donors (Lipinski definition) is 2. The van der Waals surface area contributed by atoms with Gasteiger partial charge in [0.1, 0.15) is 23.8 Å². The Balaban J connectivity index is 1.45. The number of rotatable bonds is 5. The van der Waals surface area contributed by atoms with Gasteiger partial charge < -0.3 is 15.1 Å². The maximum absolute atomic E-state index is 12.6. The van der Waals surface area contributed by atoms with Gasteiger partial charge in [-0.3, -0.25) is 9.59 Å². The summed E-state index contributed by atoms with van der Waals surface area (Å²) in [5.41, 5.74) is 2.50. The zero-order valence-electron chi connectivity index (χ0n) is 16.5. The summed E-state index contributed by atoms with van der Waals surface area (Å²) < 4.78 is 6.69. The SMILES string of the molecule is Cc1cccc(NC(=O)CN2C(=O)N/C(=C/c3ccc(-c4cccc(Br)c4)o3)C2=O)c1. The molecule has 7 nitrogen and oxygen atoms in total. The van der Waals surface area contributed by atoms with Gasteiger partial charge in [-0.15, -0.1) is 0 Å². The van der Waals surface area contributed by atoms with Crippen LogP contribution in [0.4, 0.5) is 10.5 Å². The van der Waals surface area contributed by atoms with Gasteiger partial charge in [0.15, 0.2) is 0 Å². The molecule has 2 N–H and O–H groups in total. The second kappa shape index (κ2) is 8.61. The van der Waals surface area contributed by atoms with Crippen molar-refractivity contribution in [2.24, 2.45) is 0 Å². The predicted octanol–water partition coefficient (Wildman–Crippen LogP) is 4.55. The Morgan fingerprint density at radius 2 is 1.94 bits per heavy atom. The largest absolute Gasteiger partial charge is 0.457 e. The van der Waals surface area contributed by atoms with Crippen LogP contribution in [0.1, 0.15) is 11.3 Å². The van der Waals surface area contributed by atoms with Gasteiger partial charge in [0.2, 0.25) is 5.91 Å². The molecule has 2 aromatic carbocycles. The fourth-order valence-electron chi connectivity index (χ4n) is 3.15. The van der Waals surface area contributed by atoms with Crippen molar-refractivity contribution in [2.45, 2.75) is 6.92 Å². The Hall–Kier alpha value is -3.65. The molecular weight excluding hydrogens is 462 g/mol. The molecule has 4 rings (SSSR count). The van der Waals surface area contributed by atoms with E-state index in [1.54, 1.807) is 24.3 Å². The highest BCUT2D eigenvalue weighted by molar-refractivity contribution is 9.10. The average Bonchev–Trinajstić information content (AvgIpc) is 3.29. The van der Waals surface area contributed by atoms with Crippen LogP contribution in [0.3, 0.4) is 0 Å². The van der Waals surface area contributed by atoms with Crippen molar-refractivity contribution in [3.63, 3.8) is 0 Å². The summed E-state index contributed by atoms with van der Waals surface area (Å²) in [5, 5.41) is 5.18. The zero-order valence-corrected chi connectivity index (χ0v) is 18.1. The molecular formula is C23H18BrN3O4. The fraction of sp³-hybridized carbons (Fsp3) is 0.0870. The average molecular weight is 480 g/mol. The zero-order chi connectivity index (χ0) is 22.0. The minimum atomic E-state index is -0.658. The predicted molar refractivity (Wildman–Crippen MR) is 120 cm³/mol. The van der Waals surface area contributed by atoms with Crippen molar-refractivity contribution in [2.75, 3.05) is 11.9 Å².